The van der Waals surface area contributed by atoms with Crippen LogP contribution in [0, 0.1) is 10.1 Å². The highest BCUT2D eigenvalue weighted by molar-refractivity contribution is 6.30. The minimum absolute atomic E-state index is 0.0109. The van der Waals surface area contributed by atoms with Crippen molar-refractivity contribution in [3.63, 3.8) is 0 Å². The molecule has 2 aromatic rings. The van der Waals surface area contributed by atoms with Crippen molar-refractivity contribution >= 4 is 29.0 Å². The van der Waals surface area contributed by atoms with Crippen LogP contribution in [0.3, 0.4) is 0 Å². The molecule has 0 atom stereocenters. The zero-order chi connectivity index (χ0) is 19.2. The van der Waals surface area contributed by atoms with E-state index in [1.165, 1.54) is 11.6 Å². The van der Waals surface area contributed by atoms with Gasteiger partial charge in [0.05, 0.1) is 4.92 Å². The van der Waals surface area contributed by atoms with Crippen molar-refractivity contribution < 1.29 is 9.72 Å². The number of nitro groups is 1. The average molecular weight is 389 g/mol. The fourth-order valence-electron chi connectivity index (χ4n) is 3.13. The molecule has 1 heterocycles. The summed E-state index contributed by atoms with van der Waals surface area (Å²) < 4.78 is 0. The van der Waals surface area contributed by atoms with E-state index < -0.39 is 4.92 Å². The first-order chi connectivity index (χ1) is 13.0. The average Bonchev–Trinajstić information content (AvgIpc) is 2.69. The van der Waals surface area contributed by atoms with Crippen LogP contribution in [0.2, 0.25) is 5.02 Å². The van der Waals surface area contributed by atoms with E-state index in [1.807, 2.05) is 35.2 Å². The van der Waals surface area contributed by atoms with E-state index in [9.17, 15) is 14.9 Å². The topological polar surface area (TPSA) is 78.7 Å². The molecule has 8 heteroatoms. The van der Waals surface area contributed by atoms with Crippen LogP contribution in [-0.4, -0.2) is 48.6 Å². The van der Waals surface area contributed by atoms with Gasteiger partial charge in [-0.3, -0.25) is 10.1 Å². The highest BCUT2D eigenvalue weighted by Crippen LogP contribution is 2.31. The molecule has 2 aromatic carbocycles. The first-order valence-corrected chi connectivity index (χ1v) is 9.18. The van der Waals surface area contributed by atoms with Crippen molar-refractivity contribution in [3.05, 3.63) is 69.2 Å². The number of urea groups is 1. The molecule has 0 aromatic heterocycles. The van der Waals surface area contributed by atoms with E-state index >= 15 is 0 Å². The third kappa shape index (κ3) is 4.89. The van der Waals surface area contributed by atoms with Gasteiger partial charge in [0.15, 0.2) is 0 Å². The van der Waals surface area contributed by atoms with E-state index in [4.69, 9.17) is 11.6 Å². The molecular formula is C19H21ClN4O3. The van der Waals surface area contributed by atoms with Gasteiger partial charge in [-0.25, -0.2) is 4.79 Å². The Hall–Kier alpha value is -2.80. The second-order valence-electron chi connectivity index (χ2n) is 6.33. The zero-order valence-electron chi connectivity index (χ0n) is 14.8. The molecule has 0 saturated carbocycles. The Morgan fingerprint density at radius 2 is 1.81 bits per heavy atom. The molecule has 1 fully saturated rings. The lowest BCUT2D eigenvalue weighted by Crippen LogP contribution is -2.52. The second-order valence-corrected chi connectivity index (χ2v) is 6.77. The predicted molar refractivity (Wildman–Crippen MR) is 105 cm³/mol. The van der Waals surface area contributed by atoms with E-state index in [2.05, 4.69) is 5.32 Å². The normalized spacial score (nSPS) is 14.1. The molecule has 0 spiro atoms. The van der Waals surface area contributed by atoms with Gasteiger partial charge in [0, 0.05) is 43.8 Å². The SMILES string of the molecule is O=C(NCCc1ccccc1)N1CCN(c2ccc(Cl)cc2[N+](=O)[O-])CC1. The number of benzene rings is 2. The van der Waals surface area contributed by atoms with Crippen LogP contribution in [-0.2, 0) is 6.42 Å². The Morgan fingerprint density at radius 1 is 1.11 bits per heavy atom. The first kappa shape index (κ1) is 19.0. The summed E-state index contributed by atoms with van der Waals surface area (Å²) in [4.78, 5) is 26.8. The van der Waals surface area contributed by atoms with Crippen molar-refractivity contribution in [2.75, 3.05) is 37.6 Å². The Bertz CT molecular complexity index is 808. The number of carbonyl (C=O) groups excluding carboxylic acids is 1. The van der Waals surface area contributed by atoms with Gasteiger partial charge < -0.3 is 15.1 Å². The number of rotatable bonds is 5. The fourth-order valence-corrected chi connectivity index (χ4v) is 3.30. The molecule has 0 unspecified atom stereocenters. The molecule has 3 rings (SSSR count). The van der Waals surface area contributed by atoms with Gasteiger partial charge in [-0.1, -0.05) is 41.9 Å². The molecule has 1 N–H and O–H groups in total. The molecule has 7 nitrogen and oxygen atoms in total. The smallest absolute Gasteiger partial charge is 0.317 e. The van der Waals surface area contributed by atoms with Crippen LogP contribution >= 0.6 is 11.6 Å². The number of nitrogens with one attached hydrogen (secondary N) is 1. The summed E-state index contributed by atoms with van der Waals surface area (Å²) >= 11 is 5.87. The summed E-state index contributed by atoms with van der Waals surface area (Å²) in [6, 6.07) is 14.6. The van der Waals surface area contributed by atoms with Gasteiger partial charge in [-0.15, -0.1) is 0 Å². The van der Waals surface area contributed by atoms with Gasteiger partial charge >= 0.3 is 6.03 Å². The summed E-state index contributed by atoms with van der Waals surface area (Å²) in [5.74, 6) is 0. The largest absolute Gasteiger partial charge is 0.362 e. The molecule has 0 bridgehead atoms. The van der Waals surface area contributed by atoms with E-state index in [1.54, 1.807) is 17.0 Å². The minimum atomic E-state index is -0.427. The number of hydrogen-bond acceptors (Lipinski definition) is 4. The minimum Gasteiger partial charge on any atom is -0.362 e. The van der Waals surface area contributed by atoms with Gasteiger partial charge in [0.1, 0.15) is 5.69 Å². The number of piperazine rings is 1. The summed E-state index contributed by atoms with van der Waals surface area (Å²) in [6.07, 6.45) is 0.781. The van der Waals surface area contributed by atoms with E-state index in [0.717, 1.165) is 6.42 Å². The highest BCUT2D eigenvalue weighted by Gasteiger charge is 2.25. The molecule has 27 heavy (non-hydrogen) atoms. The highest BCUT2D eigenvalue weighted by atomic mass is 35.5. The number of carbonyl (C=O) groups is 1. The predicted octanol–water partition coefficient (Wildman–Crippen LogP) is 3.32. The Kier molecular flexibility index (Phi) is 6.13. The monoisotopic (exact) mass is 388 g/mol. The molecule has 1 saturated heterocycles. The maximum Gasteiger partial charge on any atom is 0.317 e. The lowest BCUT2D eigenvalue weighted by atomic mass is 10.1. The Labute approximate surface area is 162 Å². The molecule has 1 aliphatic rings. The second kappa shape index (κ2) is 8.73. The van der Waals surface area contributed by atoms with Gasteiger partial charge in [0.2, 0.25) is 0 Å². The summed E-state index contributed by atoms with van der Waals surface area (Å²) in [7, 11) is 0. The lowest BCUT2D eigenvalue weighted by molar-refractivity contribution is -0.384. The van der Waals surface area contributed by atoms with Gasteiger partial charge in [-0.2, -0.15) is 0 Å². The standard InChI is InChI=1S/C19H21ClN4O3/c20-16-6-7-17(18(14-16)24(26)27)22-10-12-23(13-11-22)19(25)21-9-8-15-4-2-1-3-5-15/h1-7,14H,8-13H2,(H,21,25). The van der Waals surface area contributed by atoms with Crippen molar-refractivity contribution in [1.29, 1.82) is 0 Å². The number of halogens is 1. The maximum absolute atomic E-state index is 12.3. The maximum atomic E-state index is 12.3. The number of nitrogens with zero attached hydrogens (tertiary/aromatic N) is 3. The van der Waals surface area contributed by atoms with E-state index in [-0.39, 0.29) is 11.7 Å². The summed E-state index contributed by atoms with van der Waals surface area (Å²) in [5.41, 5.74) is 1.70. The third-order valence-electron chi connectivity index (χ3n) is 4.57. The van der Waals surface area contributed by atoms with Crippen molar-refractivity contribution in [3.8, 4) is 0 Å². The molecule has 0 radical (unpaired) electrons. The number of hydrogen-bond donors (Lipinski definition) is 1. The number of nitro benzene ring substituents is 1. The van der Waals surface area contributed by atoms with Crippen LogP contribution in [0.1, 0.15) is 5.56 Å². The van der Waals surface area contributed by atoms with Crippen LogP contribution < -0.4 is 10.2 Å². The van der Waals surface area contributed by atoms with Gasteiger partial charge in [-0.05, 0) is 24.1 Å². The Balaban J connectivity index is 1.51. The summed E-state index contributed by atoms with van der Waals surface area (Å²) in [6.45, 7) is 2.67. The van der Waals surface area contributed by atoms with Crippen molar-refractivity contribution in [2.45, 2.75) is 6.42 Å². The van der Waals surface area contributed by atoms with Crippen molar-refractivity contribution in [1.82, 2.24) is 10.2 Å². The zero-order valence-corrected chi connectivity index (χ0v) is 15.6. The molecule has 2 amide bonds. The molecule has 1 aliphatic heterocycles. The molecule has 142 valence electrons. The van der Waals surface area contributed by atoms with Crippen LogP contribution in [0.15, 0.2) is 48.5 Å². The number of anilines is 1. The Morgan fingerprint density at radius 3 is 2.48 bits per heavy atom. The molecule has 0 aliphatic carbocycles. The number of amides is 2. The quantitative estimate of drug-likeness (QED) is 0.629. The van der Waals surface area contributed by atoms with Gasteiger partial charge in [0.25, 0.3) is 5.69 Å². The molecular weight excluding hydrogens is 368 g/mol. The first-order valence-electron chi connectivity index (χ1n) is 8.80. The van der Waals surface area contributed by atoms with Crippen molar-refractivity contribution in [2.24, 2.45) is 0 Å². The lowest BCUT2D eigenvalue weighted by Gasteiger charge is -2.35. The third-order valence-corrected chi connectivity index (χ3v) is 4.81. The van der Waals surface area contributed by atoms with Crippen LogP contribution in [0.4, 0.5) is 16.2 Å². The fraction of sp³-hybridized carbons (Fsp3) is 0.316. The summed E-state index contributed by atoms with van der Waals surface area (Å²) in [5, 5.41) is 14.5. The van der Waals surface area contributed by atoms with Crippen LogP contribution in [0.25, 0.3) is 0 Å². The van der Waals surface area contributed by atoms with Crippen LogP contribution in [0.5, 0.6) is 0 Å². The van der Waals surface area contributed by atoms with E-state index in [0.29, 0.717) is 43.4 Å².